The van der Waals surface area contributed by atoms with Crippen LogP contribution >= 0.6 is 0 Å². The second-order valence-corrected chi connectivity index (χ2v) is 5.46. The van der Waals surface area contributed by atoms with E-state index in [4.69, 9.17) is 10.5 Å². The van der Waals surface area contributed by atoms with Crippen LogP contribution in [0.3, 0.4) is 0 Å². The van der Waals surface area contributed by atoms with Gasteiger partial charge in [0.15, 0.2) is 0 Å². The van der Waals surface area contributed by atoms with Gasteiger partial charge in [-0.15, -0.1) is 0 Å². The van der Waals surface area contributed by atoms with Crippen LogP contribution in [-0.4, -0.2) is 31.2 Å². The predicted molar refractivity (Wildman–Crippen MR) is 73.3 cm³/mol. The summed E-state index contributed by atoms with van der Waals surface area (Å²) in [6.45, 7) is 4.86. The van der Waals surface area contributed by atoms with Crippen LogP contribution in [0.4, 0.5) is 0 Å². The fourth-order valence-corrected chi connectivity index (χ4v) is 2.67. The first-order valence-corrected chi connectivity index (χ1v) is 7.14. The van der Waals surface area contributed by atoms with E-state index in [1.54, 1.807) is 7.11 Å². The Bertz CT molecular complexity index is 255. The first-order valence-electron chi connectivity index (χ1n) is 7.14. The number of nitrogens with two attached hydrogens (primary N) is 1. The molecule has 0 aromatic carbocycles. The smallest absolute Gasteiger partial charge is 0.222 e. The molecule has 0 aromatic heterocycles. The summed E-state index contributed by atoms with van der Waals surface area (Å²) < 4.78 is 5.45. The Balaban J connectivity index is 2.28. The van der Waals surface area contributed by atoms with Crippen molar-refractivity contribution in [3.8, 4) is 0 Å². The zero-order chi connectivity index (χ0) is 13.6. The Hall–Kier alpha value is -0.610. The number of nitrogens with one attached hydrogen (secondary N) is 1. The summed E-state index contributed by atoms with van der Waals surface area (Å²) in [5.41, 5.74) is 5.89. The minimum atomic E-state index is -0.191. The molecular weight excluding hydrogens is 228 g/mol. The molecule has 1 atom stereocenters. The highest BCUT2D eigenvalue weighted by atomic mass is 16.5. The van der Waals surface area contributed by atoms with Crippen LogP contribution in [0.25, 0.3) is 0 Å². The van der Waals surface area contributed by atoms with E-state index in [1.807, 2.05) is 0 Å². The summed E-state index contributed by atoms with van der Waals surface area (Å²) in [7, 11) is 1.70. The second kappa shape index (κ2) is 7.10. The highest BCUT2D eigenvalue weighted by Gasteiger charge is 2.38. The average molecular weight is 256 g/mol. The molecule has 0 bridgehead atoms. The highest BCUT2D eigenvalue weighted by molar-refractivity contribution is 5.77. The standard InChI is InChI=1S/C14H28N2O2/c1-4-11(5-2)12(15)10-16-13(17)9-14(18-3)7-6-8-14/h11-12H,4-10,15H2,1-3H3,(H,16,17). The van der Waals surface area contributed by atoms with E-state index >= 15 is 0 Å². The topological polar surface area (TPSA) is 64.3 Å². The molecular formula is C14H28N2O2. The fourth-order valence-electron chi connectivity index (χ4n) is 2.67. The van der Waals surface area contributed by atoms with E-state index in [2.05, 4.69) is 19.2 Å². The fraction of sp³-hybridized carbons (Fsp3) is 0.929. The van der Waals surface area contributed by atoms with E-state index in [-0.39, 0.29) is 17.6 Å². The predicted octanol–water partition coefficient (Wildman–Crippen LogP) is 1.83. The van der Waals surface area contributed by atoms with Crippen LogP contribution in [0.5, 0.6) is 0 Å². The van der Waals surface area contributed by atoms with Crippen molar-refractivity contribution >= 4 is 5.91 Å². The molecule has 0 aromatic rings. The minimum absolute atomic E-state index is 0.0591. The number of methoxy groups -OCH3 is 1. The molecule has 0 heterocycles. The van der Waals surface area contributed by atoms with Gasteiger partial charge >= 0.3 is 0 Å². The maximum atomic E-state index is 11.9. The number of carbonyl (C=O) groups excluding carboxylic acids is 1. The van der Waals surface area contributed by atoms with Gasteiger partial charge < -0.3 is 15.8 Å². The van der Waals surface area contributed by atoms with Gasteiger partial charge in [-0.1, -0.05) is 26.7 Å². The molecule has 0 radical (unpaired) electrons. The number of rotatable bonds is 8. The second-order valence-electron chi connectivity index (χ2n) is 5.46. The molecule has 0 saturated heterocycles. The molecule has 106 valence electrons. The lowest BCUT2D eigenvalue weighted by Crippen LogP contribution is -2.47. The summed E-state index contributed by atoms with van der Waals surface area (Å²) in [4.78, 5) is 11.9. The van der Waals surface area contributed by atoms with E-state index in [1.165, 1.54) is 0 Å². The summed E-state index contributed by atoms with van der Waals surface area (Å²) >= 11 is 0. The lowest BCUT2D eigenvalue weighted by molar-refractivity contribution is -0.134. The third-order valence-electron chi connectivity index (χ3n) is 4.37. The molecule has 1 rings (SSSR count). The van der Waals surface area contributed by atoms with Gasteiger partial charge in [0.2, 0.25) is 5.91 Å². The van der Waals surface area contributed by atoms with Gasteiger partial charge in [0.05, 0.1) is 12.0 Å². The SMILES string of the molecule is CCC(CC)C(N)CNC(=O)CC1(OC)CCC1. The van der Waals surface area contributed by atoms with Crippen molar-refractivity contribution in [3.05, 3.63) is 0 Å². The Morgan fingerprint density at radius 1 is 1.39 bits per heavy atom. The zero-order valence-corrected chi connectivity index (χ0v) is 12.0. The monoisotopic (exact) mass is 256 g/mol. The number of amides is 1. The van der Waals surface area contributed by atoms with E-state index in [9.17, 15) is 4.79 Å². The molecule has 3 N–H and O–H groups in total. The minimum Gasteiger partial charge on any atom is -0.378 e. The normalized spacial score (nSPS) is 19.4. The van der Waals surface area contributed by atoms with Crippen LogP contribution in [0.15, 0.2) is 0 Å². The maximum Gasteiger partial charge on any atom is 0.222 e. The molecule has 4 heteroatoms. The Morgan fingerprint density at radius 3 is 2.39 bits per heavy atom. The summed E-state index contributed by atoms with van der Waals surface area (Å²) in [6.07, 6.45) is 5.75. The van der Waals surface area contributed by atoms with E-state index in [0.717, 1.165) is 32.1 Å². The first kappa shape index (κ1) is 15.4. The van der Waals surface area contributed by atoms with Gasteiger partial charge in [0.25, 0.3) is 0 Å². The average Bonchev–Trinajstić information content (AvgIpc) is 2.33. The van der Waals surface area contributed by atoms with Crippen LogP contribution in [0.2, 0.25) is 0 Å². The van der Waals surface area contributed by atoms with Crippen LogP contribution in [0.1, 0.15) is 52.4 Å². The van der Waals surface area contributed by atoms with Gasteiger partial charge in [-0.05, 0) is 25.2 Å². The van der Waals surface area contributed by atoms with Crippen molar-refractivity contribution in [2.45, 2.75) is 64.0 Å². The van der Waals surface area contributed by atoms with Gasteiger partial charge in [-0.25, -0.2) is 0 Å². The van der Waals surface area contributed by atoms with Crippen molar-refractivity contribution in [2.75, 3.05) is 13.7 Å². The number of hydrogen-bond acceptors (Lipinski definition) is 3. The molecule has 0 spiro atoms. The van der Waals surface area contributed by atoms with Crippen LogP contribution in [0, 0.1) is 5.92 Å². The molecule has 1 aliphatic rings. The van der Waals surface area contributed by atoms with Gasteiger partial charge in [0, 0.05) is 19.7 Å². The lowest BCUT2D eigenvalue weighted by atomic mass is 9.77. The molecule has 1 amide bonds. The molecule has 1 saturated carbocycles. The van der Waals surface area contributed by atoms with Crippen molar-refractivity contribution < 1.29 is 9.53 Å². The van der Waals surface area contributed by atoms with Crippen LogP contribution in [-0.2, 0) is 9.53 Å². The number of ether oxygens (including phenoxy) is 1. The molecule has 0 aliphatic heterocycles. The Labute approximate surface area is 111 Å². The molecule has 18 heavy (non-hydrogen) atoms. The maximum absolute atomic E-state index is 11.9. The summed E-state index contributed by atoms with van der Waals surface area (Å²) in [5, 5.41) is 2.95. The molecule has 4 nitrogen and oxygen atoms in total. The quantitative estimate of drug-likeness (QED) is 0.696. The third-order valence-corrected chi connectivity index (χ3v) is 4.37. The molecule has 1 fully saturated rings. The lowest BCUT2D eigenvalue weighted by Gasteiger charge is -2.40. The summed E-state index contributed by atoms with van der Waals surface area (Å²) in [5.74, 6) is 0.559. The van der Waals surface area contributed by atoms with Gasteiger partial charge in [0.1, 0.15) is 0 Å². The van der Waals surface area contributed by atoms with Crippen molar-refractivity contribution in [1.29, 1.82) is 0 Å². The first-order chi connectivity index (χ1) is 8.56. The largest absolute Gasteiger partial charge is 0.378 e. The van der Waals surface area contributed by atoms with Crippen molar-refractivity contribution in [2.24, 2.45) is 11.7 Å². The van der Waals surface area contributed by atoms with E-state index < -0.39 is 0 Å². The number of carbonyl (C=O) groups is 1. The third kappa shape index (κ3) is 3.95. The summed E-state index contributed by atoms with van der Waals surface area (Å²) in [6, 6.07) is 0.0591. The highest BCUT2D eigenvalue weighted by Crippen LogP contribution is 2.37. The number of hydrogen-bond donors (Lipinski definition) is 2. The Morgan fingerprint density at radius 2 is 2.00 bits per heavy atom. The van der Waals surface area contributed by atoms with Gasteiger partial charge in [-0.3, -0.25) is 4.79 Å². The zero-order valence-electron chi connectivity index (χ0n) is 12.0. The molecule has 1 aliphatic carbocycles. The molecule has 1 unspecified atom stereocenters. The van der Waals surface area contributed by atoms with E-state index in [0.29, 0.717) is 18.9 Å². The van der Waals surface area contributed by atoms with Crippen LogP contribution < -0.4 is 11.1 Å². The van der Waals surface area contributed by atoms with Gasteiger partial charge in [-0.2, -0.15) is 0 Å². The van der Waals surface area contributed by atoms with Crippen molar-refractivity contribution in [3.63, 3.8) is 0 Å². The van der Waals surface area contributed by atoms with Crippen molar-refractivity contribution in [1.82, 2.24) is 5.32 Å². The Kier molecular flexibility index (Phi) is 6.09.